The number of halogens is 1. The van der Waals surface area contributed by atoms with Crippen LogP contribution in [0.4, 0.5) is 0 Å². The zero-order valence-corrected chi connectivity index (χ0v) is 12.9. The summed E-state index contributed by atoms with van der Waals surface area (Å²) in [6.45, 7) is 1.50. The van der Waals surface area contributed by atoms with Gasteiger partial charge in [-0.3, -0.25) is 4.79 Å². The summed E-state index contributed by atoms with van der Waals surface area (Å²) < 4.78 is 10.6. The number of rotatable bonds is 9. The van der Waals surface area contributed by atoms with E-state index >= 15 is 0 Å². The largest absolute Gasteiger partial charge is 0.493 e. The number of carbonyl (C=O) groups excluding carboxylic acids is 1. The third-order valence-electron chi connectivity index (χ3n) is 3.40. The van der Waals surface area contributed by atoms with Gasteiger partial charge < -0.3 is 20.5 Å². The van der Waals surface area contributed by atoms with Crippen molar-refractivity contribution in [3.8, 4) is 11.5 Å². The Morgan fingerprint density at radius 2 is 2.24 bits per heavy atom. The van der Waals surface area contributed by atoms with E-state index in [2.05, 4.69) is 5.32 Å². The van der Waals surface area contributed by atoms with Crippen molar-refractivity contribution >= 4 is 17.5 Å². The van der Waals surface area contributed by atoms with Crippen molar-refractivity contribution in [1.29, 1.82) is 0 Å². The Bertz CT molecular complexity index is 504. The van der Waals surface area contributed by atoms with E-state index in [-0.39, 0.29) is 6.61 Å². The van der Waals surface area contributed by atoms with Gasteiger partial charge in [0.05, 0.1) is 12.1 Å². The minimum atomic E-state index is -0.557. The van der Waals surface area contributed by atoms with Crippen molar-refractivity contribution in [2.24, 2.45) is 11.7 Å². The quantitative estimate of drug-likeness (QED) is 0.685. The molecule has 1 aromatic rings. The molecule has 0 heterocycles. The Labute approximate surface area is 129 Å². The van der Waals surface area contributed by atoms with Gasteiger partial charge in [0.25, 0.3) is 5.91 Å². The van der Waals surface area contributed by atoms with Gasteiger partial charge in [-0.15, -0.1) is 0 Å². The summed E-state index contributed by atoms with van der Waals surface area (Å²) in [5.41, 5.74) is 6.08. The smallest absolute Gasteiger partial charge is 0.255 e. The van der Waals surface area contributed by atoms with Crippen LogP contribution < -0.4 is 20.5 Å². The van der Waals surface area contributed by atoms with Crippen LogP contribution in [-0.4, -0.2) is 26.2 Å². The van der Waals surface area contributed by atoms with Gasteiger partial charge in [0.15, 0.2) is 18.1 Å². The first-order chi connectivity index (χ1) is 10.1. The second-order valence-corrected chi connectivity index (χ2v) is 5.68. The Morgan fingerprint density at radius 3 is 2.86 bits per heavy atom. The van der Waals surface area contributed by atoms with Crippen LogP contribution in [0.5, 0.6) is 11.5 Å². The lowest BCUT2D eigenvalue weighted by molar-refractivity contribution is -0.119. The molecule has 1 aliphatic rings. The fourth-order valence-corrected chi connectivity index (χ4v) is 2.39. The first kappa shape index (κ1) is 15.9. The van der Waals surface area contributed by atoms with Crippen molar-refractivity contribution in [2.45, 2.75) is 25.8 Å². The summed E-state index contributed by atoms with van der Waals surface area (Å²) in [6.07, 6.45) is 3.96. The van der Waals surface area contributed by atoms with Gasteiger partial charge in [0.1, 0.15) is 0 Å². The summed E-state index contributed by atoms with van der Waals surface area (Å²) in [4.78, 5) is 10.8. The van der Waals surface area contributed by atoms with E-state index in [4.69, 9.17) is 26.8 Å². The molecule has 0 atom stereocenters. The lowest BCUT2D eigenvalue weighted by Crippen LogP contribution is -2.20. The van der Waals surface area contributed by atoms with Crippen LogP contribution in [0.2, 0.25) is 5.02 Å². The average Bonchev–Trinajstić information content (AvgIpc) is 3.25. The molecule has 2 rings (SSSR count). The number of hydrogen-bond donors (Lipinski definition) is 2. The molecule has 1 aromatic carbocycles. The highest BCUT2D eigenvalue weighted by atomic mass is 35.5. The molecular weight excluding hydrogens is 292 g/mol. The highest BCUT2D eigenvalue weighted by molar-refractivity contribution is 6.32. The van der Waals surface area contributed by atoms with Crippen LogP contribution in [0.3, 0.4) is 0 Å². The standard InChI is InChI=1S/C15H21ClN2O3/c1-20-13-7-11(8-18-5-4-10-2-3-10)6-12(16)15(13)21-9-14(17)19/h6-7,10,18H,2-5,8-9H2,1H3,(H2,17,19). The Balaban J connectivity index is 1.95. The van der Waals surface area contributed by atoms with E-state index in [9.17, 15) is 4.79 Å². The minimum absolute atomic E-state index is 0.227. The summed E-state index contributed by atoms with van der Waals surface area (Å²) in [7, 11) is 1.53. The highest BCUT2D eigenvalue weighted by Gasteiger charge is 2.20. The van der Waals surface area contributed by atoms with Crippen molar-refractivity contribution in [1.82, 2.24) is 5.32 Å². The number of benzene rings is 1. The average molecular weight is 313 g/mol. The molecule has 1 amide bonds. The molecule has 1 aliphatic carbocycles. The second-order valence-electron chi connectivity index (χ2n) is 5.27. The lowest BCUT2D eigenvalue weighted by Gasteiger charge is -2.13. The third-order valence-corrected chi connectivity index (χ3v) is 3.68. The lowest BCUT2D eigenvalue weighted by atomic mass is 10.2. The molecule has 116 valence electrons. The van der Waals surface area contributed by atoms with Crippen molar-refractivity contribution in [3.63, 3.8) is 0 Å². The summed E-state index contributed by atoms with van der Waals surface area (Å²) in [5.74, 6) is 1.21. The zero-order valence-electron chi connectivity index (χ0n) is 12.2. The minimum Gasteiger partial charge on any atom is -0.493 e. The topological polar surface area (TPSA) is 73.6 Å². The van der Waals surface area contributed by atoms with Crippen molar-refractivity contribution in [2.75, 3.05) is 20.3 Å². The normalized spacial score (nSPS) is 14.0. The fourth-order valence-electron chi connectivity index (χ4n) is 2.10. The maximum Gasteiger partial charge on any atom is 0.255 e. The number of carbonyl (C=O) groups is 1. The number of ether oxygens (including phenoxy) is 2. The van der Waals surface area contributed by atoms with E-state index in [1.807, 2.05) is 12.1 Å². The molecule has 0 spiro atoms. The third kappa shape index (κ3) is 5.10. The molecule has 0 bridgehead atoms. The summed E-state index contributed by atoms with van der Waals surface area (Å²) in [6, 6.07) is 3.66. The number of amides is 1. The van der Waals surface area contributed by atoms with E-state index < -0.39 is 5.91 Å². The van der Waals surface area contributed by atoms with E-state index in [1.54, 1.807) is 0 Å². The van der Waals surface area contributed by atoms with Gasteiger partial charge in [0, 0.05) is 6.54 Å². The van der Waals surface area contributed by atoms with Crippen LogP contribution >= 0.6 is 11.6 Å². The molecule has 0 aromatic heterocycles. The predicted octanol–water partition coefficient (Wildman–Crippen LogP) is 2.10. The van der Waals surface area contributed by atoms with Crippen LogP contribution in [0, 0.1) is 5.92 Å². The SMILES string of the molecule is COc1cc(CNCCC2CC2)cc(Cl)c1OCC(N)=O. The van der Waals surface area contributed by atoms with Crippen LogP contribution in [0.1, 0.15) is 24.8 Å². The zero-order chi connectivity index (χ0) is 15.2. The molecular formula is C15H21ClN2O3. The van der Waals surface area contributed by atoms with Gasteiger partial charge in [-0.05, 0) is 36.6 Å². The van der Waals surface area contributed by atoms with E-state index in [1.165, 1.54) is 26.4 Å². The highest BCUT2D eigenvalue weighted by Crippen LogP contribution is 2.36. The van der Waals surface area contributed by atoms with Gasteiger partial charge in [-0.25, -0.2) is 0 Å². The Morgan fingerprint density at radius 1 is 1.48 bits per heavy atom. The maximum atomic E-state index is 10.8. The van der Waals surface area contributed by atoms with E-state index in [0.29, 0.717) is 16.5 Å². The van der Waals surface area contributed by atoms with E-state index in [0.717, 1.165) is 24.6 Å². The molecule has 0 saturated heterocycles. The fraction of sp³-hybridized carbons (Fsp3) is 0.533. The molecule has 0 radical (unpaired) electrons. The molecule has 1 saturated carbocycles. The van der Waals surface area contributed by atoms with Crippen molar-refractivity contribution in [3.05, 3.63) is 22.7 Å². The molecule has 21 heavy (non-hydrogen) atoms. The maximum absolute atomic E-state index is 10.8. The number of hydrogen-bond acceptors (Lipinski definition) is 4. The summed E-state index contributed by atoms with van der Waals surface area (Å²) in [5, 5.41) is 3.80. The molecule has 6 heteroatoms. The first-order valence-corrected chi connectivity index (χ1v) is 7.46. The van der Waals surface area contributed by atoms with Gasteiger partial charge in [-0.2, -0.15) is 0 Å². The van der Waals surface area contributed by atoms with Gasteiger partial charge >= 0.3 is 0 Å². The molecule has 3 N–H and O–H groups in total. The van der Waals surface area contributed by atoms with Crippen molar-refractivity contribution < 1.29 is 14.3 Å². The number of methoxy groups -OCH3 is 1. The molecule has 0 unspecified atom stereocenters. The number of nitrogens with one attached hydrogen (secondary N) is 1. The predicted molar refractivity (Wildman–Crippen MR) is 81.7 cm³/mol. The van der Waals surface area contributed by atoms with Gasteiger partial charge in [0.2, 0.25) is 0 Å². The monoisotopic (exact) mass is 312 g/mol. The molecule has 5 nitrogen and oxygen atoms in total. The Hall–Kier alpha value is -1.46. The van der Waals surface area contributed by atoms with Crippen LogP contribution in [0.15, 0.2) is 12.1 Å². The Kier molecular flexibility index (Phi) is 5.70. The number of primary amides is 1. The molecule has 1 fully saturated rings. The molecule has 0 aliphatic heterocycles. The van der Waals surface area contributed by atoms with Crippen LogP contribution in [-0.2, 0) is 11.3 Å². The van der Waals surface area contributed by atoms with Gasteiger partial charge in [-0.1, -0.05) is 24.4 Å². The van der Waals surface area contributed by atoms with Crippen LogP contribution in [0.25, 0.3) is 0 Å². The second kappa shape index (κ2) is 7.52. The number of nitrogens with two attached hydrogens (primary N) is 1. The summed E-state index contributed by atoms with van der Waals surface area (Å²) >= 11 is 6.19. The first-order valence-electron chi connectivity index (χ1n) is 7.08.